The number of fused-ring (bicyclic) bond motifs is 1. The molecule has 0 aliphatic rings. The number of hydrogen-bond acceptors (Lipinski definition) is 3. The molecule has 2 N–H and O–H groups in total. The Bertz CT molecular complexity index is 617. The number of aryl methyl sites for hydroxylation is 1. The average molecular weight is 246 g/mol. The van der Waals surface area contributed by atoms with Gasteiger partial charge in [0.05, 0.1) is 12.6 Å². The fraction of sp³-hybridized carbons (Fsp3) is 0.357. The molecule has 0 aliphatic heterocycles. The van der Waals surface area contributed by atoms with Gasteiger partial charge < -0.3 is 15.0 Å². The minimum absolute atomic E-state index is 0.0106. The van der Waals surface area contributed by atoms with Gasteiger partial charge in [0.2, 0.25) is 0 Å². The lowest BCUT2D eigenvalue weighted by Gasteiger charge is -2.09. The summed E-state index contributed by atoms with van der Waals surface area (Å²) >= 11 is 0. The number of rotatable bonds is 4. The van der Waals surface area contributed by atoms with Gasteiger partial charge >= 0.3 is 0 Å². The topological polar surface area (TPSA) is 54.1 Å². The molecule has 1 aromatic carbocycles. The van der Waals surface area contributed by atoms with Crippen molar-refractivity contribution in [1.82, 2.24) is 10.3 Å². The molecule has 0 amide bonds. The summed E-state index contributed by atoms with van der Waals surface area (Å²) in [7, 11) is 3.50. The zero-order valence-electron chi connectivity index (χ0n) is 11.0. The quantitative estimate of drug-likeness (QED) is 0.861. The zero-order valence-corrected chi connectivity index (χ0v) is 11.0. The molecule has 18 heavy (non-hydrogen) atoms. The summed E-state index contributed by atoms with van der Waals surface area (Å²) in [5.41, 5.74) is 2.71. The van der Waals surface area contributed by atoms with Crippen molar-refractivity contribution in [1.29, 1.82) is 0 Å². The van der Waals surface area contributed by atoms with Crippen LogP contribution in [0.3, 0.4) is 0 Å². The van der Waals surface area contributed by atoms with E-state index in [-0.39, 0.29) is 5.56 Å². The number of methoxy groups -OCH3 is 1. The highest BCUT2D eigenvalue weighted by molar-refractivity contribution is 5.84. The van der Waals surface area contributed by atoms with E-state index >= 15 is 0 Å². The third-order valence-electron chi connectivity index (χ3n) is 3.23. The Morgan fingerprint density at radius 2 is 2.17 bits per heavy atom. The highest BCUT2D eigenvalue weighted by Gasteiger charge is 2.09. The van der Waals surface area contributed by atoms with Gasteiger partial charge in [0.25, 0.3) is 5.56 Å². The molecule has 2 aromatic rings. The molecule has 0 fully saturated rings. The van der Waals surface area contributed by atoms with E-state index < -0.39 is 0 Å². The van der Waals surface area contributed by atoms with Crippen LogP contribution in [0.1, 0.15) is 11.1 Å². The monoisotopic (exact) mass is 246 g/mol. The Hall–Kier alpha value is -1.81. The second-order valence-corrected chi connectivity index (χ2v) is 4.32. The van der Waals surface area contributed by atoms with Crippen molar-refractivity contribution in [2.75, 3.05) is 20.7 Å². The molecule has 2 rings (SSSR count). The SMILES string of the molecule is CNCCc1c(C)c2ccc(OC)cc2[nH]c1=O. The predicted molar refractivity (Wildman–Crippen MR) is 73.5 cm³/mol. The summed E-state index contributed by atoms with van der Waals surface area (Å²) < 4.78 is 5.17. The molecule has 0 aliphatic carbocycles. The lowest BCUT2D eigenvalue weighted by molar-refractivity contribution is 0.415. The molecular formula is C14H18N2O2. The number of aromatic nitrogens is 1. The number of pyridine rings is 1. The summed E-state index contributed by atoms with van der Waals surface area (Å²) in [6, 6.07) is 5.75. The zero-order chi connectivity index (χ0) is 13.1. The molecule has 4 nitrogen and oxygen atoms in total. The molecule has 0 spiro atoms. The number of H-pyrrole nitrogens is 1. The summed E-state index contributed by atoms with van der Waals surface area (Å²) in [4.78, 5) is 15.0. The third-order valence-corrected chi connectivity index (χ3v) is 3.23. The van der Waals surface area contributed by atoms with Gasteiger partial charge in [-0.25, -0.2) is 0 Å². The predicted octanol–water partition coefficient (Wildman–Crippen LogP) is 1.61. The highest BCUT2D eigenvalue weighted by Crippen LogP contribution is 2.22. The number of aromatic amines is 1. The summed E-state index contributed by atoms with van der Waals surface area (Å²) in [6.07, 6.45) is 0.736. The van der Waals surface area contributed by atoms with Gasteiger partial charge in [-0.15, -0.1) is 0 Å². The Kier molecular flexibility index (Phi) is 3.67. The van der Waals surface area contributed by atoms with Gasteiger partial charge in [-0.2, -0.15) is 0 Å². The number of likely N-dealkylation sites (N-methyl/N-ethyl adjacent to an activating group) is 1. The molecule has 0 radical (unpaired) electrons. The van der Waals surface area contributed by atoms with Gasteiger partial charge in [0, 0.05) is 17.0 Å². The normalized spacial score (nSPS) is 10.8. The van der Waals surface area contributed by atoms with Crippen LogP contribution < -0.4 is 15.6 Å². The Morgan fingerprint density at radius 1 is 1.39 bits per heavy atom. The van der Waals surface area contributed by atoms with Crippen LogP contribution in [0.4, 0.5) is 0 Å². The van der Waals surface area contributed by atoms with Crippen LogP contribution in [0.5, 0.6) is 5.75 Å². The van der Waals surface area contributed by atoms with Crippen LogP contribution in [-0.4, -0.2) is 25.7 Å². The van der Waals surface area contributed by atoms with Crippen molar-refractivity contribution in [2.24, 2.45) is 0 Å². The lowest BCUT2D eigenvalue weighted by atomic mass is 10.0. The smallest absolute Gasteiger partial charge is 0.251 e. The fourth-order valence-corrected chi connectivity index (χ4v) is 2.16. The van der Waals surface area contributed by atoms with E-state index in [0.717, 1.165) is 40.7 Å². The van der Waals surface area contributed by atoms with Crippen molar-refractivity contribution >= 4 is 10.9 Å². The maximum Gasteiger partial charge on any atom is 0.251 e. The summed E-state index contributed by atoms with van der Waals surface area (Å²) in [5, 5.41) is 4.13. The van der Waals surface area contributed by atoms with E-state index in [2.05, 4.69) is 10.3 Å². The van der Waals surface area contributed by atoms with Crippen molar-refractivity contribution in [3.63, 3.8) is 0 Å². The molecule has 1 heterocycles. The Labute approximate surface area is 106 Å². The second kappa shape index (κ2) is 5.23. The molecular weight excluding hydrogens is 228 g/mol. The first-order valence-electron chi connectivity index (χ1n) is 6.01. The van der Waals surface area contributed by atoms with E-state index in [9.17, 15) is 4.79 Å². The minimum atomic E-state index is -0.0106. The molecule has 1 aromatic heterocycles. The Morgan fingerprint density at radius 3 is 2.83 bits per heavy atom. The lowest BCUT2D eigenvalue weighted by Crippen LogP contribution is -2.20. The van der Waals surface area contributed by atoms with Crippen molar-refractivity contribution in [3.05, 3.63) is 39.7 Å². The van der Waals surface area contributed by atoms with E-state index in [1.54, 1.807) is 7.11 Å². The second-order valence-electron chi connectivity index (χ2n) is 4.32. The van der Waals surface area contributed by atoms with Crippen LogP contribution in [-0.2, 0) is 6.42 Å². The minimum Gasteiger partial charge on any atom is -0.497 e. The van der Waals surface area contributed by atoms with Gasteiger partial charge in [0.15, 0.2) is 0 Å². The van der Waals surface area contributed by atoms with Gasteiger partial charge in [0.1, 0.15) is 5.75 Å². The van der Waals surface area contributed by atoms with E-state index in [1.165, 1.54) is 0 Å². The van der Waals surface area contributed by atoms with E-state index in [1.807, 2.05) is 32.2 Å². The first-order valence-corrected chi connectivity index (χ1v) is 6.01. The van der Waals surface area contributed by atoms with Gasteiger partial charge in [-0.1, -0.05) is 0 Å². The number of nitrogens with one attached hydrogen (secondary N) is 2. The Balaban J connectivity index is 2.59. The van der Waals surface area contributed by atoms with Crippen LogP contribution in [0.25, 0.3) is 10.9 Å². The van der Waals surface area contributed by atoms with Crippen molar-refractivity contribution in [2.45, 2.75) is 13.3 Å². The van der Waals surface area contributed by atoms with Crippen LogP contribution in [0.15, 0.2) is 23.0 Å². The van der Waals surface area contributed by atoms with Crippen LogP contribution >= 0.6 is 0 Å². The maximum absolute atomic E-state index is 12.0. The highest BCUT2D eigenvalue weighted by atomic mass is 16.5. The van der Waals surface area contributed by atoms with Gasteiger partial charge in [-0.05, 0) is 44.6 Å². The van der Waals surface area contributed by atoms with E-state index in [0.29, 0.717) is 0 Å². The van der Waals surface area contributed by atoms with Crippen molar-refractivity contribution in [3.8, 4) is 5.75 Å². The first-order chi connectivity index (χ1) is 8.67. The maximum atomic E-state index is 12.0. The standard InChI is InChI=1S/C14H18N2O2/c1-9-11-5-4-10(18-3)8-13(11)16-14(17)12(9)6-7-15-2/h4-5,8,15H,6-7H2,1-3H3,(H,16,17). The average Bonchev–Trinajstić information content (AvgIpc) is 2.38. The molecule has 0 unspecified atom stereocenters. The molecule has 4 heteroatoms. The first kappa shape index (κ1) is 12.6. The fourth-order valence-electron chi connectivity index (χ4n) is 2.16. The molecule has 0 saturated heterocycles. The van der Waals surface area contributed by atoms with Gasteiger partial charge in [-0.3, -0.25) is 4.79 Å². The van der Waals surface area contributed by atoms with Crippen LogP contribution in [0.2, 0.25) is 0 Å². The third kappa shape index (κ3) is 2.24. The summed E-state index contributed by atoms with van der Waals surface area (Å²) in [6.45, 7) is 2.79. The molecule has 96 valence electrons. The van der Waals surface area contributed by atoms with Crippen molar-refractivity contribution < 1.29 is 4.74 Å². The number of ether oxygens (including phenoxy) is 1. The largest absolute Gasteiger partial charge is 0.497 e. The molecule has 0 atom stereocenters. The summed E-state index contributed by atoms with van der Waals surface area (Å²) in [5.74, 6) is 0.750. The van der Waals surface area contributed by atoms with E-state index in [4.69, 9.17) is 4.74 Å². The number of hydrogen-bond donors (Lipinski definition) is 2. The molecule has 0 bridgehead atoms. The molecule has 0 saturated carbocycles. The van der Waals surface area contributed by atoms with Crippen LogP contribution in [0, 0.1) is 6.92 Å². The number of benzene rings is 1.